The van der Waals surface area contributed by atoms with E-state index in [0.717, 1.165) is 25.7 Å². The van der Waals surface area contributed by atoms with Crippen molar-refractivity contribution in [3.05, 3.63) is 0 Å². The molecule has 0 heterocycles. The van der Waals surface area contributed by atoms with E-state index < -0.39 is 0 Å². The molecule has 0 bridgehead atoms. The van der Waals surface area contributed by atoms with Gasteiger partial charge in [0.1, 0.15) is 0 Å². The standard InChI is InChI=1S/C11H16Br2O2/c12-9-4-1-7(5-10(9)13)6-15-11(14)8-2-3-8/h7-10H,1-6H2. The number of carbonyl (C=O) groups is 1. The van der Waals surface area contributed by atoms with Crippen LogP contribution in [-0.2, 0) is 9.53 Å². The molecule has 2 fully saturated rings. The van der Waals surface area contributed by atoms with Gasteiger partial charge in [-0.2, -0.15) is 0 Å². The SMILES string of the molecule is O=C(OCC1CCC(Br)C(Br)C1)C1CC1. The summed E-state index contributed by atoms with van der Waals surface area (Å²) in [6, 6.07) is 0. The second-order valence-corrected chi connectivity index (χ2v) is 6.97. The van der Waals surface area contributed by atoms with Gasteiger partial charge in [0.2, 0.25) is 0 Å². The highest BCUT2D eigenvalue weighted by molar-refractivity contribution is 9.12. The summed E-state index contributed by atoms with van der Waals surface area (Å²) < 4.78 is 5.31. The maximum absolute atomic E-state index is 11.4. The molecular weight excluding hydrogens is 324 g/mol. The van der Waals surface area contributed by atoms with Crippen molar-refractivity contribution >= 4 is 37.8 Å². The van der Waals surface area contributed by atoms with Crippen LogP contribution in [0.1, 0.15) is 32.1 Å². The van der Waals surface area contributed by atoms with Crippen LogP contribution in [0.4, 0.5) is 0 Å². The van der Waals surface area contributed by atoms with E-state index in [1.165, 1.54) is 6.42 Å². The van der Waals surface area contributed by atoms with Gasteiger partial charge in [-0.05, 0) is 38.0 Å². The summed E-state index contributed by atoms with van der Waals surface area (Å²) >= 11 is 7.29. The number of hydrogen-bond donors (Lipinski definition) is 0. The molecule has 0 N–H and O–H groups in total. The smallest absolute Gasteiger partial charge is 0.308 e. The molecule has 3 atom stereocenters. The first-order chi connectivity index (χ1) is 7.16. The number of rotatable bonds is 3. The third-order valence-corrected chi connectivity index (χ3v) is 5.99. The van der Waals surface area contributed by atoms with E-state index in [2.05, 4.69) is 31.9 Å². The predicted octanol–water partition coefficient (Wildman–Crippen LogP) is 3.27. The van der Waals surface area contributed by atoms with Crippen molar-refractivity contribution in [3.8, 4) is 0 Å². The van der Waals surface area contributed by atoms with E-state index >= 15 is 0 Å². The first-order valence-electron chi connectivity index (χ1n) is 5.61. The van der Waals surface area contributed by atoms with Crippen LogP contribution in [0.15, 0.2) is 0 Å². The predicted molar refractivity (Wildman–Crippen MR) is 66.5 cm³/mol. The van der Waals surface area contributed by atoms with Gasteiger partial charge < -0.3 is 4.74 Å². The third kappa shape index (κ3) is 3.45. The van der Waals surface area contributed by atoms with Gasteiger partial charge in [0, 0.05) is 9.65 Å². The molecule has 0 aromatic heterocycles. The van der Waals surface area contributed by atoms with Crippen LogP contribution in [0, 0.1) is 11.8 Å². The summed E-state index contributed by atoms with van der Waals surface area (Å²) in [6.07, 6.45) is 5.51. The van der Waals surface area contributed by atoms with Crippen LogP contribution in [0.25, 0.3) is 0 Å². The molecule has 4 heteroatoms. The van der Waals surface area contributed by atoms with E-state index in [9.17, 15) is 4.79 Å². The number of alkyl halides is 2. The zero-order valence-electron chi connectivity index (χ0n) is 8.62. The van der Waals surface area contributed by atoms with Crippen molar-refractivity contribution in [2.45, 2.75) is 41.8 Å². The lowest BCUT2D eigenvalue weighted by Gasteiger charge is -2.29. The zero-order chi connectivity index (χ0) is 10.8. The first kappa shape index (κ1) is 11.9. The van der Waals surface area contributed by atoms with Crippen molar-refractivity contribution in [2.24, 2.45) is 11.8 Å². The van der Waals surface area contributed by atoms with Gasteiger partial charge in [-0.15, -0.1) is 0 Å². The summed E-state index contributed by atoms with van der Waals surface area (Å²) in [6.45, 7) is 0.622. The average Bonchev–Trinajstić information content (AvgIpc) is 3.03. The van der Waals surface area contributed by atoms with E-state index in [4.69, 9.17) is 4.74 Å². The zero-order valence-corrected chi connectivity index (χ0v) is 11.8. The topological polar surface area (TPSA) is 26.3 Å². The fourth-order valence-corrected chi connectivity index (χ4v) is 3.22. The van der Waals surface area contributed by atoms with Gasteiger partial charge in [0.15, 0.2) is 0 Å². The summed E-state index contributed by atoms with van der Waals surface area (Å²) in [7, 11) is 0. The Labute approximate surface area is 107 Å². The van der Waals surface area contributed by atoms with E-state index in [1.807, 2.05) is 0 Å². The van der Waals surface area contributed by atoms with Crippen LogP contribution in [0.3, 0.4) is 0 Å². The summed E-state index contributed by atoms with van der Waals surface area (Å²) in [4.78, 5) is 12.5. The maximum atomic E-state index is 11.4. The Kier molecular flexibility index (Phi) is 4.10. The minimum absolute atomic E-state index is 0.0297. The van der Waals surface area contributed by atoms with Crippen molar-refractivity contribution in [2.75, 3.05) is 6.61 Å². The fraction of sp³-hybridized carbons (Fsp3) is 0.909. The molecule has 86 valence electrons. The highest BCUT2D eigenvalue weighted by Crippen LogP contribution is 2.35. The Balaban J connectivity index is 1.68. The lowest BCUT2D eigenvalue weighted by atomic mass is 9.90. The molecule has 0 aromatic carbocycles. The highest BCUT2D eigenvalue weighted by atomic mass is 79.9. The van der Waals surface area contributed by atoms with Crippen LogP contribution in [0.2, 0.25) is 0 Å². The Hall–Kier alpha value is 0.430. The van der Waals surface area contributed by atoms with Gasteiger partial charge in [-0.1, -0.05) is 31.9 Å². The molecular formula is C11H16Br2O2. The Morgan fingerprint density at radius 3 is 2.47 bits per heavy atom. The lowest BCUT2D eigenvalue weighted by molar-refractivity contribution is -0.146. The number of esters is 1. The summed E-state index contributed by atoms with van der Waals surface area (Å²) in [5.74, 6) is 0.810. The van der Waals surface area contributed by atoms with Crippen LogP contribution in [0.5, 0.6) is 0 Å². The second-order valence-electron chi connectivity index (χ2n) is 4.62. The molecule has 2 aliphatic rings. The fourth-order valence-electron chi connectivity index (χ4n) is 1.95. The molecule has 0 saturated heterocycles. The molecule has 0 aliphatic heterocycles. The maximum Gasteiger partial charge on any atom is 0.308 e. The Morgan fingerprint density at radius 1 is 1.13 bits per heavy atom. The Bertz CT molecular complexity index is 241. The molecule has 2 rings (SSSR count). The number of ether oxygens (including phenoxy) is 1. The van der Waals surface area contributed by atoms with Gasteiger partial charge in [0.05, 0.1) is 12.5 Å². The largest absolute Gasteiger partial charge is 0.465 e. The molecule has 0 amide bonds. The monoisotopic (exact) mass is 338 g/mol. The quantitative estimate of drug-likeness (QED) is 0.582. The molecule has 0 radical (unpaired) electrons. The van der Waals surface area contributed by atoms with Gasteiger partial charge in [-0.25, -0.2) is 0 Å². The molecule has 0 aromatic rings. The van der Waals surface area contributed by atoms with E-state index in [-0.39, 0.29) is 11.9 Å². The molecule has 15 heavy (non-hydrogen) atoms. The van der Waals surface area contributed by atoms with Crippen LogP contribution >= 0.6 is 31.9 Å². The van der Waals surface area contributed by atoms with Crippen molar-refractivity contribution in [1.29, 1.82) is 0 Å². The number of carbonyl (C=O) groups excluding carboxylic acids is 1. The van der Waals surface area contributed by atoms with Crippen LogP contribution in [-0.4, -0.2) is 22.2 Å². The first-order valence-corrected chi connectivity index (χ1v) is 7.44. The van der Waals surface area contributed by atoms with Crippen molar-refractivity contribution in [3.63, 3.8) is 0 Å². The van der Waals surface area contributed by atoms with Crippen LogP contribution < -0.4 is 0 Å². The van der Waals surface area contributed by atoms with Gasteiger partial charge >= 0.3 is 5.97 Å². The minimum Gasteiger partial charge on any atom is -0.465 e. The molecule has 0 spiro atoms. The minimum atomic E-state index is 0.0297. The summed E-state index contributed by atoms with van der Waals surface area (Å²) in [5, 5.41) is 0. The summed E-state index contributed by atoms with van der Waals surface area (Å²) in [5.41, 5.74) is 0. The molecule has 2 nitrogen and oxygen atoms in total. The average molecular weight is 340 g/mol. The number of halogens is 2. The molecule has 2 saturated carbocycles. The van der Waals surface area contributed by atoms with Crippen molar-refractivity contribution < 1.29 is 9.53 Å². The lowest BCUT2D eigenvalue weighted by Crippen LogP contribution is -2.28. The molecule has 2 aliphatic carbocycles. The highest BCUT2D eigenvalue weighted by Gasteiger charge is 2.33. The molecule has 3 unspecified atom stereocenters. The van der Waals surface area contributed by atoms with Gasteiger partial charge in [0.25, 0.3) is 0 Å². The normalized spacial score (nSPS) is 36.3. The Morgan fingerprint density at radius 2 is 1.87 bits per heavy atom. The van der Waals surface area contributed by atoms with Gasteiger partial charge in [-0.3, -0.25) is 4.79 Å². The van der Waals surface area contributed by atoms with Crippen molar-refractivity contribution in [1.82, 2.24) is 0 Å². The van der Waals surface area contributed by atoms with E-state index in [1.54, 1.807) is 0 Å². The number of hydrogen-bond acceptors (Lipinski definition) is 2. The second kappa shape index (κ2) is 5.17. The third-order valence-electron chi connectivity index (χ3n) is 3.17. The van der Waals surface area contributed by atoms with E-state index in [0.29, 0.717) is 22.2 Å².